The average Bonchev–Trinajstić information content (AvgIpc) is 2.96. The molecule has 0 aliphatic carbocycles. The number of methoxy groups -OCH3 is 1. The Hall–Kier alpha value is -0.810. The van der Waals surface area contributed by atoms with Crippen LogP contribution in [0, 0.1) is 5.92 Å². The van der Waals surface area contributed by atoms with Crippen LogP contribution < -0.4 is 10.6 Å². The van der Waals surface area contributed by atoms with Crippen molar-refractivity contribution in [1.82, 2.24) is 15.5 Å². The van der Waals surface area contributed by atoms with Crippen LogP contribution in [0.2, 0.25) is 0 Å². The molecule has 1 fully saturated rings. The van der Waals surface area contributed by atoms with E-state index in [2.05, 4.69) is 43.2 Å². The second-order valence-electron chi connectivity index (χ2n) is 7.06. The maximum atomic E-state index is 5.21. The number of hydrogen-bond donors (Lipinski definition) is 2. The van der Waals surface area contributed by atoms with Gasteiger partial charge in [0.1, 0.15) is 0 Å². The van der Waals surface area contributed by atoms with Crippen molar-refractivity contribution in [2.24, 2.45) is 10.9 Å². The molecule has 1 heterocycles. The first-order chi connectivity index (χ1) is 11.1. The summed E-state index contributed by atoms with van der Waals surface area (Å²) in [6.07, 6.45) is 4.96. The van der Waals surface area contributed by atoms with Gasteiger partial charge in [-0.15, -0.1) is 0 Å². The summed E-state index contributed by atoms with van der Waals surface area (Å²) in [5.41, 5.74) is 0. The third kappa shape index (κ3) is 8.56. The van der Waals surface area contributed by atoms with Crippen LogP contribution in [0.4, 0.5) is 0 Å². The van der Waals surface area contributed by atoms with E-state index in [4.69, 9.17) is 9.73 Å². The van der Waals surface area contributed by atoms with Crippen molar-refractivity contribution in [3.05, 3.63) is 0 Å². The van der Waals surface area contributed by atoms with Gasteiger partial charge in [-0.25, -0.2) is 0 Å². The molecule has 0 spiro atoms. The van der Waals surface area contributed by atoms with Crippen molar-refractivity contribution in [2.75, 3.05) is 39.9 Å². The second kappa shape index (κ2) is 11.7. The molecule has 5 heteroatoms. The van der Waals surface area contributed by atoms with Crippen LogP contribution in [0.3, 0.4) is 0 Å². The van der Waals surface area contributed by atoms with E-state index in [1.807, 2.05) is 0 Å². The fourth-order valence-corrected chi connectivity index (χ4v) is 3.01. The highest BCUT2D eigenvalue weighted by Gasteiger charge is 2.23. The molecule has 0 bridgehead atoms. The fraction of sp³-hybridized carbons (Fsp3) is 0.944. The van der Waals surface area contributed by atoms with Crippen molar-refractivity contribution in [3.8, 4) is 0 Å². The fourth-order valence-electron chi connectivity index (χ4n) is 3.01. The maximum Gasteiger partial charge on any atom is 0.191 e. The molecule has 5 nitrogen and oxygen atoms in total. The molecule has 23 heavy (non-hydrogen) atoms. The maximum absolute atomic E-state index is 5.21. The zero-order valence-electron chi connectivity index (χ0n) is 15.9. The summed E-state index contributed by atoms with van der Waals surface area (Å²) in [5, 5.41) is 6.93. The van der Waals surface area contributed by atoms with Gasteiger partial charge in [-0.3, -0.25) is 9.89 Å². The summed E-state index contributed by atoms with van der Waals surface area (Å²) in [7, 11) is 1.77. The van der Waals surface area contributed by atoms with Crippen molar-refractivity contribution in [3.63, 3.8) is 0 Å². The lowest BCUT2D eigenvalue weighted by molar-refractivity contribution is 0.142. The Morgan fingerprint density at radius 2 is 2.09 bits per heavy atom. The number of guanidine groups is 1. The molecule has 0 saturated carbocycles. The van der Waals surface area contributed by atoms with E-state index in [1.165, 1.54) is 32.2 Å². The van der Waals surface area contributed by atoms with Gasteiger partial charge in [0.05, 0.1) is 13.2 Å². The highest BCUT2D eigenvalue weighted by molar-refractivity contribution is 5.80. The third-order valence-electron chi connectivity index (χ3n) is 4.45. The quantitative estimate of drug-likeness (QED) is 0.478. The highest BCUT2D eigenvalue weighted by Crippen LogP contribution is 2.16. The molecule has 1 aliphatic rings. The first-order valence-electron chi connectivity index (χ1n) is 9.34. The van der Waals surface area contributed by atoms with Gasteiger partial charge >= 0.3 is 0 Å². The molecule has 0 aromatic heterocycles. The van der Waals surface area contributed by atoms with Crippen LogP contribution in [-0.4, -0.2) is 62.8 Å². The van der Waals surface area contributed by atoms with Gasteiger partial charge in [-0.2, -0.15) is 0 Å². The Morgan fingerprint density at radius 3 is 2.74 bits per heavy atom. The number of likely N-dealkylation sites (tertiary alicyclic amines) is 1. The summed E-state index contributed by atoms with van der Waals surface area (Å²) >= 11 is 0. The zero-order chi connectivity index (χ0) is 17.1. The number of ether oxygens (including phenoxy) is 1. The monoisotopic (exact) mass is 326 g/mol. The molecule has 1 aliphatic heterocycles. The van der Waals surface area contributed by atoms with E-state index in [9.17, 15) is 0 Å². The Kier molecular flexibility index (Phi) is 10.3. The van der Waals surface area contributed by atoms with E-state index in [-0.39, 0.29) is 0 Å². The molecule has 0 radical (unpaired) electrons. The van der Waals surface area contributed by atoms with Crippen LogP contribution in [0.25, 0.3) is 0 Å². The van der Waals surface area contributed by atoms with Gasteiger partial charge in [-0.05, 0) is 52.0 Å². The molecule has 0 aromatic carbocycles. The second-order valence-corrected chi connectivity index (χ2v) is 7.06. The van der Waals surface area contributed by atoms with Gasteiger partial charge in [0.15, 0.2) is 5.96 Å². The molecule has 0 amide bonds. The summed E-state index contributed by atoms with van der Waals surface area (Å²) in [6, 6.07) is 1.02. The van der Waals surface area contributed by atoms with Crippen LogP contribution in [0.15, 0.2) is 4.99 Å². The smallest absolute Gasteiger partial charge is 0.191 e. The molecule has 2 unspecified atom stereocenters. The number of nitrogens with one attached hydrogen (secondary N) is 2. The van der Waals surface area contributed by atoms with Gasteiger partial charge in [0.2, 0.25) is 0 Å². The average molecular weight is 327 g/mol. The van der Waals surface area contributed by atoms with E-state index >= 15 is 0 Å². The molecular weight excluding hydrogens is 288 g/mol. The van der Waals surface area contributed by atoms with Gasteiger partial charge in [-0.1, -0.05) is 13.8 Å². The van der Waals surface area contributed by atoms with E-state index < -0.39 is 0 Å². The van der Waals surface area contributed by atoms with E-state index in [0.717, 1.165) is 38.1 Å². The third-order valence-corrected chi connectivity index (χ3v) is 4.45. The number of rotatable bonds is 10. The van der Waals surface area contributed by atoms with Crippen LogP contribution >= 0.6 is 0 Å². The summed E-state index contributed by atoms with van der Waals surface area (Å²) in [6.45, 7) is 13.7. The SMILES string of the molecule is CCNC(=NCC1CCCN1CCOC)NC(C)CCC(C)C. The minimum absolute atomic E-state index is 0.461. The predicted molar refractivity (Wildman–Crippen MR) is 99.1 cm³/mol. The predicted octanol–water partition coefficient (Wildman–Crippen LogP) is 2.48. The lowest BCUT2D eigenvalue weighted by Crippen LogP contribution is -2.43. The summed E-state index contributed by atoms with van der Waals surface area (Å²) < 4.78 is 5.21. The molecule has 2 N–H and O–H groups in total. The number of aliphatic imine (C=N–C) groups is 1. The molecule has 2 atom stereocenters. The summed E-state index contributed by atoms with van der Waals surface area (Å²) in [5.74, 6) is 1.72. The van der Waals surface area contributed by atoms with Crippen molar-refractivity contribution >= 4 is 5.96 Å². The molecule has 1 saturated heterocycles. The lowest BCUT2D eigenvalue weighted by atomic mass is 10.0. The number of nitrogens with zero attached hydrogens (tertiary/aromatic N) is 2. The molecule has 1 rings (SSSR count). The zero-order valence-corrected chi connectivity index (χ0v) is 15.9. The van der Waals surface area contributed by atoms with Gasteiger partial charge in [0.25, 0.3) is 0 Å². The minimum atomic E-state index is 0.461. The summed E-state index contributed by atoms with van der Waals surface area (Å²) in [4.78, 5) is 7.35. The van der Waals surface area contributed by atoms with Gasteiger partial charge in [0, 0.05) is 32.3 Å². The molecular formula is C18H38N4O. The Morgan fingerprint density at radius 1 is 1.30 bits per heavy atom. The van der Waals surface area contributed by atoms with Crippen LogP contribution in [0.5, 0.6) is 0 Å². The first kappa shape index (κ1) is 20.2. The molecule has 0 aromatic rings. The van der Waals surface area contributed by atoms with Crippen molar-refractivity contribution in [2.45, 2.75) is 65.5 Å². The van der Waals surface area contributed by atoms with Crippen molar-refractivity contribution in [1.29, 1.82) is 0 Å². The molecule has 136 valence electrons. The standard InChI is InChI=1S/C18H38N4O/c1-6-19-18(21-16(4)10-9-15(2)3)20-14-17-8-7-11-22(17)12-13-23-5/h15-17H,6-14H2,1-5H3,(H2,19,20,21). The number of hydrogen-bond acceptors (Lipinski definition) is 3. The Bertz CT molecular complexity index is 333. The first-order valence-corrected chi connectivity index (χ1v) is 9.34. The normalized spacial score (nSPS) is 21.0. The Labute approximate surface area is 143 Å². The Balaban J connectivity index is 2.46. The highest BCUT2D eigenvalue weighted by atomic mass is 16.5. The van der Waals surface area contributed by atoms with Crippen LogP contribution in [-0.2, 0) is 4.74 Å². The van der Waals surface area contributed by atoms with Crippen LogP contribution in [0.1, 0.15) is 53.4 Å². The topological polar surface area (TPSA) is 48.9 Å². The van der Waals surface area contributed by atoms with E-state index in [0.29, 0.717) is 12.1 Å². The van der Waals surface area contributed by atoms with Crippen molar-refractivity contribution < 1.29 is 4.74 Å². The minimum Gasteiger partial charge on any atom is -0.383 e. The van der Waals surface area contributed by atoms with E-state index in [1.54, 1.807) is 7.11 Å². The lowest BCUT2D eigenvalue weighted by Gasteiger charge is -2.24. The largest absolute Gasteiger partial charge is 0.383 e. The van der Waals surface area contributed by atoms with Gasteiger partial charge < -0.3 is 15.4 Å².